The van der Waals surface area contributed by atoms with Gasteiger partial charge in [-0.25, -0.2) is 0 Å². The molecule has 0 fully saturated rings. The topological polar surface area (TPSA) is 58.2 Å². The van der Waals surface area contributed by atoms with Crippen LogP contribution in [0.1, 0.15) is 29.6 Å². The highest BCUT2D eigenvalue weighted by atomic mass is 35.5. The molecule has 0 radical (unpaired) electrons. The number of hydrogen-bond acceptors (Lipinski definition) is 3. The largest absolute Gasteiger partial charge is 0.356 e. The summed E-state index contributed by atoms with van der Waals surface area (Å²) in [4.78, 5) is 23.9. The highest BCUT2D eigenvalue weighted by molar-refractivity contribution is 5.98. The van der Waals surface area contributed by atoms with Gasteiger partial charge in [0.2, 0.25) is 5.91 Å². The SMILES string of the molecule is CNCCCNC(=O)CCC(=O)c1ccc(-c2ccccc2)cc1.Cl. The quantitative estimate of drug-likeness (QED) is 0.532. The van der Waals surface area contributed by atoms with E-state index in [1.165, 1.54) is 0 Å². The van der Waals surface area contributed by atoms with E-state index in [4.69, 9.17) is 0 Å². The van der Waals surface area contributed by atoms with E-state index < -0.39 is 0 Å². The van der Waals surface area contributed by atoms with Gasteiger partial charge in [-0.2, -0.15) is 0 Å². The van der Waals surface area contributed by atoms with Crippen molar-refractivity contribution in [1.82, 2.24) is 10.6 Å². The van der Waals surface area contributed by atoms with Gasteiger partial charge >= 0.3 is 0 Å². The number of rotatable bonds is 9. The van der Waals surface area contributed by atoms with Gasteiger partial charge in [0.15, 0.2) is 5.78 Å². The fourth-order valence-corrected chi connectivity index (χ4v) is 2.43. The second-order valence-electron chi connectivity index (χ2n) is 5.67. The Hall–Kier alpha value is -2.17. The highest BCUT2D eigenvalue weighted by Gasteiger charge is 2.09. The summed E-state index contributed by atoms with van der Waals surface area (Å²) in [6.07, 6.45) is 1.36. The molecule has 25 heavy (non-hydrogen) atoms. The first-order valence-corrected chi connectivity index (χ1v) is 8.30. The summed E-state index contributed by atoms with van der Waals surface area (Å²) in [5, 5.41) is 5.85. The molecule has 5 heteroatoms. The normalized spacial score (nSPS) is 9.96. The molecule has 2 aromatic rings. The summed E-state index contributed by atoms with van der Waals surface area (Å²) in [5.41, 5.74) is 2.85. The average Bonchev–Trinajstić information content (AvgIpc) is 2.64. The summed E-state index contributed by atoms with van der Waals surface area (Å²) >= 11 is 0. The van der Waals surface area contributed by atoms with Crippen molar-refractivity contribution < 1.29 is 9.59 Å². The molecule has 2 N–H and O–H groups in total. The zero-order valence-electron chi connectivity index (χ0n) is 14.5. The lowest BCUT2D eigenvalue weighted by molar-refractivity contribution is -0.121. The van der Waals surface area contributed by atoms with Crippen molar-refractivity contribution in [3.05, 3.63) is 60.2 Å². The minimum atomic E-state index is -0.0691. The van der Waals surface area contributed by atoms with Gasteiger partial charge in [0.1, 0.15) is 0 Å². The number of hydrogen-bond donors (Lipinski definition) is 2. The molecule has 0 bridgehead atoms. The van der Waals surface area contributed by atoms with Crippen LogP contribution in [0.15, 0.2) is 54.6 Å². The standard InChI is InChI=1S/C20H24N2O2.ClH/c1-21-14-5-15-22-20(24)13-12-19(23)18-10-8-17(9-11-18)16-6-3-2-4-7-16;/h2-4,6-11,21H,5,12-15H2,1H3,(H,22,24);1H. The van der Waals surface area contributed by atoms with Crippen LogP contribution in [-0.4, -0.2) is 31.8 Å². The van der Waals surface area contributed by atoms with Crippen LogP contribution in [-0.2, 0) is 4.79 Å². The smallest absolute Gasteiger partial charge is 0.220 e. The minimum Gasteiger partial charge on any atom is -0.356 e. The first-order valence-electron chi connectivity index (χ1n) is 8.30. The number of ketones is 1. The van der Waals surface area contributed by atoms with E-state index in [1.807, 2.05) is 61.6 Å². The Morgan fingerprint density at radius 3 is 2.12 bits per heavy atom. The van der Waals surface area contributed by atoms with E-state index in [1.54, 1.807) is 0 Å². The number of carbonyl (C=O) groups is 2. The highest BCUT2D eigenvalue weighted by Crippen LogP contribution is 2.19. The van der Waals surface area contributed by atoms with Crippen LogP contribution < -0.4 is 10.6 Å². The van der Waals surface area contributed by atoms with Crippen molar-refractivity contribution >= 4 is 24.1 Å². The van der Waals surface area contributed by atoms with E-state index in [0.29, 0.717) is 12.1 Å². The Morgan fingerprint density at radius 2 is 1.48 bits per heavy atom. The van der Waals surface area contributed by atoms with Gasteiger partial charge in [0, 0.05) is 24.9 Å². The van der Waals surface area contributed by atoms with Crippen LogP contribution >= 0.6 is 12.4 Å². The molecule has 0 aliphatic heterocycles. The van der Waals surface area contributed by atoms with Crippen LogP contribution in [0.3, 0.4) is 0 Å². The summed E-state index contributed by atoms with van der Waals surface area (Å²) in [6, 6.07) is 17.6. The monoisotopic (exact) mass is 360 g/mol. The first kappa shape index (κ1) is 20.9. The van der Waals surface area contributed by atoms with Crippen molar-refractivity contribution in [2.45, 2.75) is 19.3 Å². The van der Waals surface area contributed by atoms with E-state index >= 15 is 0 Å². The van der Waals surface area contributed by atoms with Gasteiger partial charge in [-0.1, -0.05) is 54.6 Å². The van der Waals surface area contributed by atoms with Crippen LogP contribution in [0, 0.1) is 0 Å². The number of benzene rings is 2. The third-order valence-electron chi connectivity index (χ3n) is 3.82. The average molecular weight is 361 g/mol. The van der Waals surface area contributed by atoms with Gasteiger partial charge in [0.05, 0.1) is 0 Å². The van der Waals surface area contributed by atoms with Gasteiger partial charge in [-0.15, -0.1) is 12.4 Å². The second kappa shape index (κ2) is 11.4. The summed E-state index contributed by atoms with van der Waals surface area (Å²) in [6.45, 7) is 1.51. The van der Waals surface area contributed by atoms with Crippen molar-refractivity contribution in [1.29, 1.82) is 0 Å². The van der Waals surface area contributed by atoms with Crippen molar-refractivity contribution in [3.63, 3.8) is 0 Å². The zero-order valence-corrected chi connectivity index (χ0v) is 15.3. The maximum atomic E-state index is 12.2. The van der Waals surface area contributed by atoms with Crippen LogP contribution in [0.2, 0.25) is 0 Å². The number of amides is 1. The Morgan fingerprint density at radius 1 is 0.840 bits per heavy atom. The van der Waals surface area contributed by atoms with Crippen molar-refractivity contribution in [2.24, 2.45) is 0 Å². The van der Waals surface area contributed by atoms with E-state index in [2.05, 4.69) is 10.6 Å². The summed E-state index contributed by atoms with van der Waals surface area (Å²) < 4.78 is 0. The number of Topliss-reactive ketones (excluding diaryl/α,β-unsaturated/α-hetero) is 1. The lowest BCUT2D eigenvalue weighted by Crippen LogP contribution is -2.26. The number of carbonyl (C=O) groups excluding carboxylic acids is 2. The Balaban J connectivity index is 0.00000312. The molecule has 134 valence electrons. The lowest BCUT2D eigenvalue weighted by Gasteiger charge is -2.06. The van der Waals surface area contributed by atoms with Crippen LogP contribution in [0.25, 0.3) is 11.1 Å². The molecule has 0 heterocycles. The predicted octanol–water partition coefficient (Wildman–Crippen LogP) is 3.46. The third kappa shape index (κ3) is 7.08. The number of halogens is 1. The fourth-order valence-electron chi connectivity index (χ4n) is 2.43. The molecule has 0 unspecified atom stereocenters. The fraction of sp³-hybridized carbons (Fsp3) is 0.300. The summed E-state index contributed by atoms with van der Waals surface area (Å²) in [7, 11) is 1.88. The number of nitrogens with one attached hydrogen (secondary N) is 2. The maximum Gasteiger partial charge on any atom is 0.220 e. The van der Waals surface area contributed by atoms with Crippen molar-refractivity contribution in [2.75, 3.05) is 20.1 Å². The molecule has 0 spiro atoms. The first-order chi connectivity index (χ1) is 11.7. The van der Waals surface area contributed by atoms with Crippen LogP contribution in [0.5, 0.6) is 0 Å². The molecule has 2 aromatic carbocycles. The Labute approximate surface area is 155 Å². The van der Waals surface area contributed by atoms with Gasteiger partial charge < -0.3 is 10.6 Å². The molecule has 0 saturated heterocycles. The molecular weight excluding hydrogens is 336 g/mol. The molecule has 2 rings (SSSR count). The lowest BCUT2D eigenvalue weighted by atomic mass is 10.0. The molecule has 4 nitrogen and oxygen atoms in total. The molecule has 1 amide bonds. The van der Waals surface area contributed by atoms with Crippen LogP contribution in [0.4, 0.5) is 0 Å². The van der Waals surface area contributed by atoms with E-state index in [-0.39, 0.29) is 36.9 Å². The Kier molecular flexibility index (Phi) is 9.51. The van der Waals surface area contributed by atoms with Gasteiger partial charge in [0.25, 0.3) is 0 Å². The predicted molar refractivity (Wildman–Crippen MR) is 104 cm³/mol. The molecule has 0 saturated carbocycles. The van der Waals surface area contributed by atoms with E-state index in [0.717, 1.165) is 24.1 Å². The van der Waals surface area contributed by atoms with Crippen molar-refractivity contribution in [3.8, 4) is 11.1 Å². The summed E-state index contributed by atoms with van der Waals surface area (Å²) in [5.74, 6) is -0.0691. The van der Waals surface area contributed by atoms with E-state index in [9.17, 15) is 9.59 Å². The molecule has 0 atom stereocenters. The van der Waals surface area contributed by atoms with Gasteiger partial charge in [-0.3, -0.25) is 9.59 Å². The molecular formula is C20H25ClN2O2. The maximum absolute atomic E-state index is 12.2. The third-order valence-corrected chi connectivity index (χ3v) is 3.82. The molecule has 0 aliphatic carbocycles. The molecule has 0 aromatic heterocycles. The Bertz CT molecular complexity index is 657. The minimum absolute atomic E-state index is 0. The molecule has 0 aliphatic rings. The zero-order chi connectivity index (χ0) is 17.2. The second-order valence-corrected chi connectivity index (χ2v) is 5.67. The van der Waals surface area contributed by atoms with Gasteiger partial charge in [-0.05, 0) is 31.1 Å².